The highest BCUT2D eigenvalue weighted by atomic mass is 16.5. The van der Waals surface area contributed by atoms with E-state index in [2.05, 4.69) is 15.2 Å². The quantitative estimate of drug-likeness (QED) is 0.815. The molecule has 0 aliphatic carbocycles. The summed E-state index contributed by atoms with van der Waals surface area (Å²) < 4.78 is 4.95. The third-order valence-electron chi connectivity index (χ3n) is 3.34. The summed E-state index contributed by atoms with van der Waals surface area (Å²) in [6.07, 6.45) is 2.64. The van der Waals surface area contributed by atoms with Crippen LogP contribution in [0.3, 0.4) is 0 Å². The molecule has 1 aromatic heterocycles. The Morgan fingerprint density at radius 3 is 2.80 bits per heavy atom. The lowest BCUT2D eigenvalue weighted by Crippen LogP contribution is -2.52. The molecule has 0 spiro atoms. The highest BCUT2D eigenvalue weighted by molar-refractivity contribution is 5.74. The number of piperazine rings is 1. The SMILES string of the molecule is COCCCNC(=O)N1CCN(c2ccccn2)CC1. The molecule has 2 heterocycles. The van der Waals surface area contributed by atoms with Crippen molar-refractivity contribution >= 4 is 11.8 Å². The van der Waals surface area contributed by atoms with Crippen LogP contribution in [-0.2, 0) is 4.74 Å². The molecule has 6 nitrogen and oxygen atoms in total. The number of ether oxygens (including phenoxy) is 1. The van der Waals surface area contributed by atoms with Gasteiger partial charge in [-0.3, -0.25) is 0 Å². The molecule has 20 heavy (non-hydrogen) atoms. The Bertz CT molecular complexity index is 405. The molecule has 1 aromatic rings. The zero-order chi connectivity index (χ0) is 14.2. The molecule has 0 aromatic carbocycles. The van der Waals surface area contributed by atoms with Crippen molar-refractivity contribution in [3.63, 3.8) is 0 Å². The minimum Gasteiger partial charge on any atom is -0.385 e. The summed E-state index contributed by atoms with van der Waals surface area (Å²) >= 11 is 0. The first kappa shape index (κ1) is 14.6. The van der Waals surface area contributed by atoms with E-state index in [4.69, 9.17) is 4.74 Å². The van der Waals surface area contributed by atoms with Gasteiger partial charge in [-0.25, -0.2) is 9.78 Å². The van der Waals surface area contributed by atoms with Gasteiger partial charge in [0, 0.05) is 52.6 Å². The van der Waals surface area contributed by atoms with Gasteiger partial charge in [0.1, 0.15) is 5.82 Å². The average molecular weight is 278 g/mol. The van der Waals surface area contributed by atoms with Crippen LogP contribution in [0.5, 0.6) is 0 Å². The fraction of sp³-hybridized carbons (Fsp3) is 0.571. The van der Waals surface area contributed by atoms with Gasteiger partial charge in [-0.2, -0.15) is 0 Å². The number of nitrogens with one attached hydrogen (secondary N) is 1. The molecule has 1 aliphatic heterocycles. The van der Waals surface area contributed by atoms with Crippen LogP contribution < -0.4 is 10.2 Å². The Labute approximate surface area is 119 Å². The second-order valence-corrected chi connectivity index (χ2v) is 4.74. The van der Waals surface area contributed by atoms with Crippen LogP contribution in [0.4, 0.5) is 10.6 Å². The van der Waals surface area contributed by atoms with Crippen molar-refractivity contribution in [1.82, 2.24) is 15.2 Å². The summed E-state index contributed by atoms with van der Waals surface area (Å²) in [4.78, 5) is 20.3. The van der Waals surface area contributed by atoms with E-state index < -0.39 is 0 Å². The van der Waals surface area contributed by atoms with Crippen molar-refractivity contribution in [2.75, 3.05) is 51.3 Å². The molecule has 110 valence electrons. The molecule has 0 atom stereocenters. The molecular formula is C14H22N4O2. The molecule has 0 bridgehead atoms. The zero-order valence-electron chi connectivity index (χ0n) is 11.9. The average Bonchev–Trinajstić information content (AvgIpc) is 2.52. The largest absolute Gasteiger partial charge is 0.385 e. The van der Waals surface area contributed by atoms with Gasteiger partial charge in [-0.1, -0.05) is 6.07 Å². The first-order valence-corrected chi connectivity index (χ1v) is 6.99. The van der Waals surface area contributed by atoms with Gasteiger partial charge in [0.2, 0.25) is 0 Å². The van der Waals surface area contributed by atoms with Gasteiger partial charge < -0.3 is 19.9 Å². The fourth-order valence-electron chi connectivity index (χ4n) is 2.20. The third-order valence-corrected chi connectivity index (χ3v) is 3.34. The van der Waals surface area contributed by atoms with E-state index in [1.807, 2.05) is 23.1 Å². The number of hydrogen-bond acceptors (Lipinski definition) is 4. The first-order valence-electron chi connectivity index (χ1n) is 6.99. The number of methoxy groups -OCH3 is 1. The van der Waals surface area contributed by atoms with Crippen LogP contribution in [0.1, 0.15) is 6.42 Å². The number of urea groups is 1. The number of carbonyl (C=O) groups is 1. The number of anilines is 1. The maximum atomic E-state index is 11.9. The maximum absolute atomic E-state index is 11.9. The van der Waals surface area contributed by atoms with Crippen molar-refractivity contribution in [3.8, 4) is 0 Å². The highest BCUT2D eigenvalue weighted by Gasteiger charge is 2.21. The Hall–Kier alpha value is -1.82. The van der Waals surface area contributed by atoms with E-state index in [1.165, 1.54) is 0 Å². The normalized spacial score (nSPS) is 15.2. The van der Waals surface area contributed by atoms with Gasteiger partial charge in [-0.05, 0) is 18.6 Å². The maximum Gasteiger partial charge on any atom is 0.317 e. The topological polar surface area (TPSA) is 57.7 Å². The van der Waals surface area contributed by atoms with Crippen molar-refractivity contribution in [1.29, 1.82) is 0 Å². The summed E-state index contributed by atoms with van der Waals surface area (Å²) in [6, 6.07) is 5.91. The van der Waals surface area contributed by atoms with E-state index in [0.717, 1.165) is 38.4 Å². The van der Waals surface area contributed by atoms with Gasteiger partial charge >= 0.3 is 6.03 Å². The van der Waals surface area contributed by atoms with E-state index in [9.17, 15) is 4.79 Å². The van der Waals surface area contributed by atoms with Crippen LogP contribution in [0.25, 0.3) is 0 Å². The lowest BCUT2D eigenvalue weighted by atomic mass is 10.3. The lowest BCUT2D eigenvalue weighted by Gasteiger charge is -2.35. The van der Waals surface area contributed by atoms with Crippen LogP contribution in [0, 0.1) is 0 Å². The van der Waals surface area contributed by atoms with Gasteiger partial charge in [0.05, 0.1) is 0 Å². The smallest absolute Gasteiger partial charge is 0.317 e. The Balaban J connectivity index is 1.72. The number of rotatable bonds is 5. The van der Waals surface area contributed by atoms with Crippen LogP contribution >= 0.6 is 0 Å². The molecule has 1 aliphatic rings. The Kier molecular flexibility index (Phi) is 5.61. The molecular weight excluding hydrogens is 256 g/mol. The number of pyridine rings is 1. The summed E-state index contributed by atoms with van der Waals surface area (Å²) in [5.41, 5.74) is 0. The predicted molar refractivity (Wildman–Crippen MR) is 77.9 cm³/mol. The second kappa shape index (κ2) is 7.69. The van der Waals surface area contributed by atoms with E-state index in [1.54, 1.807) is 13.3 Å². The van der Waals surface area contributed by atoms with Crippen molar-refractivity contribution < 1.29 is 9.53 Å². The van der Waals surface area contributed by atoms with E-state index in [-0.39, 0.29) is 6.03 Å². The minimum atomic E-state index is 0.0155. The lowest BCUT2D eigenvalue weighted by molar-refractivity contribution is 0.183. The number of hydrogen-bond donors (Lipinski definition) is 1. The first-order chi connectivity index (χ1) is 9.81. The number of aromatic nitrogens is 1. The van der Waals surface area contributed by atoms with Crippen LogP contribution in [-0.4, -0.2) is 62.4 Å². The summed E-state index contributed by atoms with van der Waals surface area (Å²) in [5.74, 6) is 0.979. The molecule has 1 fully saturated rings. The van der Waals surface area contributed by atoms with E-state index in [0.29, 0.717) is 13.2 Å². The number of amides is 2. The fourth-order valence-corrected chi connectivity index (χ4v) is 2.20. The van der Waals surface area contributed by atoms with Gasteiger partial charge in [-0.15, -0.1) is 0 Å². The molecule has 0 radical (unpaired) electrons. The van der Waals surface area contributed by atoms with Crippen LogP contribution in [0.15, 0.2) is 24.4 Å². The standard InChI is InChI=1S/C14H22N4O2/c1-20-12-4-7-16-14(19)18-10-8-17(9-11-18)13-5-2-3-6-15-13/h2-3,5-6H,4,7-12H2,1H3,(H,16,19). The van der Waals surface area contributed by atoms with Crippen molar-refractivity contribution in [3.05, 3.63) is 24.4 Å². The number of nitrogens with zero attached hydrogens (tertiary/aromatic N) is 3. The number of carbonyl (C=O) groups excluding carboxylic acids is 1. The van der Waals surface area contributed by atoms with Crippen LogP contribution in [0.2, 0.25) is 0 Å². The monoisotopic (exact) mass is 278 g/mol. The summed E-state index contributed by atoms with van der Waals surface area (Å²) in [5, 5.41) is 2.91. The molecule has 2 amide bonds. The molecule has 6 heteroatoms. The highest BCUT2D eigenvalue weighted by Crippen LogP contribution is 2.12. The van der Waals surface area contributed by atoms with Crippen molar-refractivity contribution in [2.45, 2.75) is 6.42 Å². The third kappa shape index (κ3) is 4.09. The summed E-state index contributed by atoms with van der Waals surface area (Å²) in [6.45, 7) is 4.44. The minimum absolute atomic E-state index is 0.0155. The predicted octanol–water partition coefficient (Wildman–Crippen LogP) is 0.950. The van der Waals surface area contributed by atoms with E-state index >= 15 is 0 Å². The molecule has 2 rings (SSSR count). The Morgan fingerprint density at radius 1 is 1.35 bits per heavy atom. The molecule has 0 unspecified atom stereocenters. The summed E-state index contributed by atoms with van der Waals surface area (Å²) in [7, 11) is 1.67. The van der Waals surface area contributed by atoms with Gasteiger partial charge in [0.15, 0.2) is 0 Å². The second-order valence-electron chi connectivity index (χ2n) is 4.74. The van der Waals surface area contributed by atoms with Gasteiger partial charge in [0.25, 0.3) is 0 Å². The van der Waals surface area contributed by atoms with Crippen molar-refractivity contribution in [2.24, 2.45) is 0 Å². The molecule has 1 N–H and O–H groups in total. The molecule has 0 saturated carbocycles. The molecule has 1 saturated heterocycles. The zero-order valence-corrected chi connectivity index (χ0v) is 11.9. The Morgan fingerprint density at radius 2 is 2.15 bits per heavy atom.